The zero-order valence-electron chi connectivity index (χ0n) is 12.0. The normalized spacial score (nSPS) is 29.2. The van der Waals surface area contributed by atoms with Crippen molar-refractivity contribution in [2.24, 2.45) is 5.92 Å². The van der Waals surface area contributed by atoms with E-state index in [4.69, 9.17) is 14.2 Å². The standard InChI is InChI=1S/C15H20O4/c1-10(2)15(13(16)18-5)14(3,19-15)11-6-8-12(17-4)9-7-11/h6-10H,1-5H3. The van der Waals surface area contributed by atoms with Crippen LogP contribution in [-0.2, 0) is 19.9 Å². The second-order valence-corrected chi connectivity index (χ2v) is 5.25. The zero-order chi connectivity index (χ0) is 14.3. The van der Waals surface area contributed by atoms with E-state index in [0.29, 0.717) is 0 Å². The van der Waals surface area contributed by atoms with Crippen molar-refractivity contribution >= 4 is 5.97 Å². The van der Waals surface area contributed by atoms with Gasteiger partial charge in [-0.25, -0.2) is 4.79 Å². The molecule has 4 nitrogen and oxygen atoms in total. The van der Waals surface area contributed by atoms with Crippen LogP contribution in [0, 0.1) is 5.92 Å². The third-order valence-electron chi connectivity index (χ3n) is 3.97. The lowest BCUT2D eigenvalue weighted by Gasteiger charge is -2.18. The Morgan fingerprint density at radius 3 is 2.21 bits per heavy atom. The highest BCUT2D eigenvalue weighted by Crippen LogP contribution is 2.60. The van der Waals surface area contributed by atoms with Gasteiger partial charge >= 0.3 is 5.97 Å². The lowest BCUT2D eigenvalue weighted by Crippen LogP contribution is -2.37. The third kappa shape index (κ3) is 1.82. The van der Waals surface area contributed by atoms with Gasteiger partial charge in [-0.3, -0.25) is 0 Å². The van der Waals surface area contributed by atoms with E-state index >= 15 is 0 Å². The lowest BCUT2D eigenvalue weighted by atomic mass is 9.80. The molecular formula is C15H20O4. The van der Waals surface area contributed by atoms with E-state index in [1.54, 1.807) is 7.11 Å². The Morgan fingerprint density at radius 1 is 1.21 bits per heavy atom. The second kappa shape index (κ2) is 4.53. The molecule has 0 radical (unpaired) electrons. The molecule has 1 fully saturated rings. The van der Waals surface area contributed by atoms with Crippen molar-refractivity contribution in [2.45, 2.75) is 32.0 Å². The van der Waals surface area contributed by atoms with E-state index in [-0.39, 0.29) is 11.9 Å². The summed E-state index contributed by atoms with van der Waals surface area (Å²) in [5.41, 5.74) is -0.580. The molecule has 0 amide bonds. The highest BCUT2D eigenvalue weighted by Gasteiger charge is 2.75. The van der Waals surface area contributed by atoms with Gasteiger partial charge in [-0.05, 0) is 30.5 Å². The molecule has 2 atom stereocenters. The predicted octanol–water partition coefficient (Wildman–Crippen LogP) is 2.51. The van der Waals surface area contributed by atoms with Gasteiger partial charge in [-0.15, -0.1) is 0 Å². The molecule has 2 unspecified atom stereocenters. The number of carbonyl (C=O) groups excluding carboxylic acids is 1. The van der Waals surface area contributed by atoms with Crippen LogP contribution in [0.5, 0.6) is 5.75 Å². The second-order valence-electron chi connectivity index (χ2n) is 5.25. The molecule has 1 aliphatic heterocycles. The maximum Gasteiger partial charge on any atom is 0.341 e. The summed E-state index contributed by atoms with van der Waals surface area (Å²) in [6.07, 6.45) is 0. The molecule has 4 heteroatoms. The van der Waals surface area contributed by atoms with Gasteiger partial charge in [0.25, 0.3) is 0 Å². The highest BCUT2D eigenvalue weighted by molar-refractivity contribution is 5.85. The van der Waals surface area contributed by atoms with Gasteiger partial charge in [0.15, 0.2) is 0 Å². The molecule has 104 valence electrons. The number of ether oxygens (including phenoxy) is 3. The van der Waals surface area contributed by atoms with Crippen LogP contribution in [0.15, 0.2) is 24.3 Å². The number of rotatable bonds is 4. The summed E-state index contributed by atoms with van der Waals surface area (Å²) in [6, 6.07) is 7.58. The molecule has 0 spiro atoms. The number of epoxide rings is 1. The largest absolute Gasteiger partial charge is 0.497 e. The van der Waals surface area contributed by atoms with Crippen molar-refractivity contribution in [1.82, 2.24) is 0 Å². The first kappa shape index (κ1) is 13.9. The SMILES string of the molecule is COC(=O)C1(C(C)C)OC1(C)c1ccc(OC)cc1. The Hall–Kier alpha value is -1.55. The Balaban J connectivity index is 2.36. The molecule has 0 saturated carbocycles. The summed E-state index contributed by atoms with van der Waals surface area (Å²) in [7, 11) is 3.01. The first-order valence-corrected chi connectivity index (χ1v) is 6.35. The van der Waals surface area contributed by atoms with Gasteiger partial charge in [-0.1, -0.05) is 26.0 Å². The first-order chi connectivity index (χ1) is 8.92. The van der Waals surface area contributed by atoms with Crippen molar-refractivity contribution in [1.29, 1.82) is 0 Å². The number of esters is 1. The Bertz CT molecular complexity index is 479. The van der Waals surface area contributed by atoms with E-state index in [1.807, 2.05) is 45.0 Å². The minimum atomic E-state index is -0.893. The lowest BCUT2D eigenvalue weighted by molar-refractivity contribution is -0.148. The van der Waals surface area contributed by atoms with Crippen LogP contribution in [-0.4, -0.2) is 25.8 Å². The number of hydrogen-bond donors (Lipinski definition) is 0. The molecule has 2 rings (SSSR count). The van der Waals surface area contributed by atoms with Gasteiger partial charge in [0.1, 0.15) is 11.4 Å². The van der Waals surface area contributed by atoms with Crippen LogP contribution >= 0.6 is 0 Å². The monoisotopic (exact) mass is 264 g/mol. The molecule has 0 aromatic heterocycles. The van der Waals surface area contributed by atoms with Gasteiger partial charge in [-0.2, -0.15) is 0 Å². The van der Waals surface area contributed by atoms with Crippen molar-refractivity contribution in [3.8, 4) is 5.75 Å². The molecule has 1 aromatic rings. The average molecular weight is 264 g/mol. The van der Waals surface area contributed by atoms with Crippen LogP contribution in [0.1, 0.15) is 26.3 Å². The summed E-state index contributed by atoms with van der Waals surface area (Å²) in [5, 5.41) is 0. The number of benzene rings is 1. The summed E-state index contributed by atoms with van der Waals surface area (Å²) < 4.78 is 15.9. The van der Waals surface area contributed by atoms with Crippen molar-refractivity contribution in [2.75, 3.05) is 14.2 Å². The number of carbonyl (C=O) groups is 1. The molecule has 19 heavy (non-hydrogen) atoms. The van der Waals surface area contributed by atoms with Crippen LogP contribution in [0.25, 0.3) is 0 Å². The minimum absolute atomic E-state index is 0.0343. The minimum Gasteiger partial charge on any atom is -0.497 e. The molecule has 0 N–H and O–H groups in total. The zero-order valence-corrected chi connectivity index (χ0v) is 12.0. The fourth-order valence-electron chi connectivity index (χ4n) is 2.77. The number of methoxy groups -OCH3 is 2. The summed E-state index contributed by atoms with van der Waals surface area (Å²) in [6.45, 7) is 5.85. The summed E-state index contributed by atoms with van der Waals surface area (Å²) >= 11 is 0. The maximum absolute atomic E-state index is 12.1. The molecule has 1 saturated heterocycles. The molecular weight excluding hydrogens is 244 g/mol. The fourth-order valence-corrected chi connectivity index (χ4v) is 2.77. The van der Waals surface area contributed by atoms with Crippen LogP contribution < -0.4 is 4.74 Å². The average Bonchev–Trinajstić information content (AvgIpc) is 3.07. The molecule has 0 aliphatic carbocycles. The van der Waals surface area contributed by atoms with Crippen molar-refractivity contribution in [3.05, 3.63) is 29.8 Å². The van der Waals surface area contributed by atoms with Gasteiger partial charge in [0.2, 0.25) is 5.60 Å². The molecule has 1 aliphatic rings. The fraction of sp³-hybridized carbons (Fsp3) is 0.533. The molecule has 1 aromatic carbocycles. The highest BCUT2D eigenvalue weighted by atomic mass is 16.7. The number of hydrogen-bond acceptors (Lipinski definition) is 4. The smallest absolute Gasteiger partial charge is 0.341 e. The van der Waals surface area contributed by atoms with E-state index in [1.165, 1.54) is 7.11 Å². The van der Waals surface area contributed by atoms with Gasteiger partial charge in [0, 0.05) is 0 Å². The van der Waals surface area contributed by atoms with E-state index < -0.39 is 11.2 Å². The van der Waals surface area contributed by atoms with Crippen molar-refractivity contribution < 1.29 is 19.0 Å². The Labute approximate surface area is 113 Å². The van der Waals surface area contributed by atoms with Crippen LogP contribution in [0.3, 0.4) is 0 Å². The predicted molar refractivity (Wildman–Crippen MR) is 71.0 cm³/mol. The van der Waals surface area contributed by atoms with Gasteiger partial charge in [0.05, 0.1) is 14.2 Å². The summed E-state index contributed by atoms with van der Waals surface area (Å²) in [4.78, 5) is 12.1. The van der Waals surface area contributed by atoms with E-state index in [0.717, 1.165) is 11.3 Å². The molecule has 1 heterocycles. The quantitative estimate of drug-likeness (QED) is 0.619. The van der Waals surface area contributed by atoms with Crippen molar-refractivity contribution in [3.63, 3.8) is 0 Å². The Kier molecular flexibility index (Phi) is 3.31. The topological polar surface area (TPSA) is 48.1 Å². The van der Waals surface area contributed by atoms with Gasteiger partial charge < -0.3 is 14.2 Å². The Morgan fingerprint density at radius 2 is 1.79 bits per heavy atom. The van der Waals surface area contributed by atoms with Crippen LogP contribution in [0.4, 0.5) is 0 Å². The third-order valence-corrected chi connectivity index (χ3v) is 3.97. The van der Waals surface area contributed by atoms with E-state index in [2.05, 4.69) is 0 Å². The van der Waals surface area contributed by atoms with E-state index in [9.17, 15) is 4.79 Å². The summed E-state index contributed by atoms with van der Waals surface area (Å²) in [5.74, 6) is 0.495. The molecule has 0 bridgehead atoms. The first-order valence-electron chi connectivity index (χ1n) is 6.35. The maximum atomic E-state index is 12.1. The van der Waals surface area contributed by atoms with Crippen LogP contribution in [0.2, 0.25) is 0 Å².